The smallest absolute Gasteiger partial charge is 0.332 e. The fourth-order valence-electron chi connectivity index (χ4n) is 3.95. The van der Waals surface area contributed by atoms with E-state index in [0.29, 0.717) is 25.2 Å². The second-order valence-corrected chi connectivity index (χ2v) is 8.02. The summed E-state index contributed by atoms with van der Waals surface area (Å²) < 4.78 is 2.25. The Hall–Kier alpha value is -3.82. The van der Waals surface area contributed by atoms with E-state index in [0.717, 1.165) is 10.3 Å². The number of likely N-dealkylation sites (tertiary alicyclic amines) is 1. The number of nitrogens with zero attached hydrogens (tertiary/aromatic N) is 5. The van der Waals surface area contributed by atoms with Crippen LogP contribution in [0.1, 0.15) is 29.0 Å². The molecule has 0 aromatic carbocycles. The number of amides is 2. The summed E-state index contributed by atoms with van der Waals surface area (Å²) in [6, 6.07) is 8.38. The minimum Gasteiger partial charge on any atom is -0.337 e. The van der Waals surface area contributed by atoms with Gasteiger partial charge in [-0.3, -0.25) is 23.5 Å². The molecule has 0 saturated carbocycles. The van der Waals surface area contributed by atoms with Gasteiger partial charge in [0.05, 0.1) is 11.3 Å². The fraction of sp³-hybridized carbons (Fsp3) is 0.364. The van der Waals surface area contributed by atoms with Gasteiger partial charge in [-0.25, -0.2) is 14.8 Å². The molecule has 1 atom stereocenters. The Morgan fingerprint density at radius 1 is 1.06 bits per heavy atom. The molecule has 1 N–H and O–H groups in total. The summed E-state index contributed by atoms with van der Waals surface area (Å²) >= 11 is 0. The van der Waals surface area contributed by atoms with Crippen molar-refractivity contribution in [2.24, 2.45) is 20.0 Å². The molecule has 166 valence electrons. The summed E-state index contributed by atoms with van der Waals surface area (Å²) in [6.07, 6.45) is 1.34. The maximum absolute atomic E-state index is 13.1. The van der Waals surface area contributed by atoms with Crippen molar-refractivity contribution >= 4 is 28.7 Å². The molecule has 0 spiro atoms. The van der Waals surface area contributed by atoms with Gasteiger partial charge in [0.2, 0.25) is 5.91 Å². The van der Waals surface area contributed by atoms with E-state index in [1.165, 1.54) is 30.8 Å². The van der Waals surface area contributed by atoms with E-state index in [4.69, 9.17) is 0 Å². The van der Waals surface area contributed by atoms with Gasteiger partial charge >= 0.3 is 5.69 Å². The first kappa shape index (κ1) is 21.4. The molecule has 1 unspecified atom stereocenters. The van der Waals surface area contributed by atoms with E-state index in [1.54, 1.807) is 11.0 Å². The van der Waals surface area contributed by atoms with Crippen LogP contribution in [-0.2, 0) is 18.9 Å². The molecule has 1 aliphatic rings. The van der Waals surface area contributed by atoms with Crippen molar-refractivity contribution in [1.82, 2.24) is 24.0 Å². The van der Waals surface area contributed by atoms with E-state index < -0.39 is 11.2 Å². The zero-order chi connectivity index (χ0) is 23.0. The van der Waals surface area contributed by atoms with E-state index in [-0.39, 0.29) is 41.0 Å². The van der Waals surface area contributed by atoms with Crippen LogP contribution in [0.15, 0.2) is 39.9 Å². The number of pyridine rings is 2. The van der Waals surface area contributed by atoms with Crippen LogP contribution in [0.4, 0.5) is 5.82 Å². The highest BCUT2D eigenvalue weighted by Gasteiger charge is 2.30. The maximum atomic E-state index is 13.1. The van der Waals surface area contributed by atoms with Gasteiger partial charge < -0.3 is 10.2 Å². The fourth-order valence-corrected chi connectivity index (χ4v) is 3.95. The van der Waals surface area contributed by atoms with Gasteiger partial charge in [0.15, 0.2) is 0 Å². The molecule has 2 amide bonds. The lowest BCUT2D eigenvalue weighted by molar-refractivity contribution is -0.121. The number of carbonyl (C=O) groups is 2. The minimum atomic E-state index is -0.515. The molecule has 10 nitrogen and oxygen atoms in total. The molecule has 1 saturated heterocycles. The third-order valence-corrected chi connectivity index (χ3v) is 5.74. The van der Waals surface area contributed by atoms with Gasteiger partial charge in [-0.1, -0.05) is 6.07 Å². The van der Waals surface area contributed by atoms with Crippen molar-refractivity contribution in [3.63, 3.8) is 0 Å². The third-order valence-electron chi connectivity index (χ3n) is 5.74. The summed E-state index contributed by atoms with van der Waals surface area (Å²) in [5.74, 6) is -0.409. The van der Waals surface area contributed by atoms with E-state index in [1.807, 2.05) is 19.1 Å². The van der Waals surface area contributed by atoms with Gasteiger partial charge in [-0.2, -0.15) is 0 Å². The van der Waals surface area contributed by atoms with Crippen molar-refractivity contribution in [3.05, 3.63) is 62.6 Å². The van der Waals surface area contributed by atoms with Crippen LogP contribution in [0.2, 0.25) is 0 Å². The Morgan fingerprint density at radius 2 is 1.84 bits per heavy atom. The maximum Gasteiger partial charge on any atom is 0.332 e. The number of piperidine rings is 1. The molecule has 3 aromatic heterocycles. The molecule has 0 radical (unpaired) electrons. The average molecular weight is 436 g/mol. The monoisotopic (exact) mass is 436 g/mol. The number of aryl methyl sites for hydroxylation is 2. The molecule has 4 heterocycles. The first-order chi connectivity index (χ1) is 15.3. The summed E-state index contributed by atoms with van der Waals surface area (Å²) in [6.45, 7) is 2.60. The Bertz CT molecular complexity index is 1340. The number of rotatable bonds is 3. The molecular weight excluding hydrogens is 412 g/mol. The van der Waals surface area contributed by atoms with Gasteiger partial charge in [0.1, 0.15) is 17.2 Å². The molecule has 3 aromatic rings. The zero-order valence-corrected chi connectivity index (χ0v) is 18.2. The molecule has 1 aliphatic heterocycles. The van der Waals surface area contributed by atoms with Gasteiger partial charge in [-0.05, 0) is 44.0 Å². The molecular formula is C22H24N6O4. The third kappa shape index (κ3) is 3.91. The minimum absolute atomic E-state index is 0.127. The van der Waals surface area contributed by atoms with Crippen LogP contribution in [0, 0.1) is 12.8 Å². The number of nitrogens with one attached hydrogen (secondary N) is 1. The Balaban J connectivity index is 1.55. The van der Waals surface area contributed by atoms with E-state index in [9.17, 15) is 19.2 Å². The van der Waals surface area contributed by atoms with Crippen LogP contribution >= 0.6 is 0 Å². The van der Waals surface area contributed by atoms with Gasteiger partial charge in [0.25, 0.3) is 11.5 Å². The number of aromatic nitrogens is 4. The van der Waals surface area contributed by atoms with Crippen molar-refractivity contribution < 1.29 is 9.59 Å². The van der Waals surface area contributed by atoms with Crippen LogP contribution in [0.5, 0.6) is 0 Å². The number of fused-ring (bicyclic) bond motifs is 1. The molecule has 4 rings (SSSR count). The highest BCUT2D eigenvalue weighted by Crippen LogP contribution is 2.20. The zero-order valence-electron chi connectivity index (χ0n) is 18.2. The normalized spacial score (nSPS) is 16.2. The van der Waals surface area contributed by atoms with Crippen LogP contribution in [0.25, 0.3) is 11.0 Å². The van der Waals surface area contributed by atoms with E-state index in [2.05, 4.69) is 15.3 Å². The quantitative estimate of drug-likeness (QED) is 0.649. The summed E-state index contributed by atoms with van der Waals surface area (Å²) in [7, 11) is 2.90. The molecule has 10 heteroatoms. The van der Waals surface area contributed by atoms with E-state index >= 15 is 0 Å². The molecule has 32 heavy (non-hydrogen) atoms. The predicted octanol–water partition coefficient (Wildman–Crippen LogP) is 0.827. The Kier molecular flexibility index (Phi) is 5.60. The summed E-state index contributed by atoms with van der Waals surface area (Å²) in [4.78, 5) is 60.6. The molecule has 0 aliphatic carbocycles. The Morgan fingerprint density at radius 3 is 2.59 bits per heavy atom. The van der Waals surface area contributed by atoms with Crippen LogP contribution in [-0.4, -0.2) is 48.9 Å². The van der Waals surface area contributed by atoms with Crippen molar-refractivity contribution in [2.75, 3.05) is 18.4 Å². The lowest BCUT2D eigenvalue weighted by Crippen LogP contribution is -2.44. The lowest BCUT2D eigenvalue weighted by atomic mass is 9.96. The largest absolute Gasteiger partial charge is 0.337 e. The van der Waals surface area contributed by atoms with Crippen LogP contribution < -0.4 is 16.6 Å². The average Bonchev–Trinajstić information content (AvgIpc) is 2.80. The number of hydrogen-bond acceptors (Lipinski definition) is 6. The highest BCUT2D eigenvalue weighted by molar-refractivity contribution is 5.96. The second-order valence-electron chi connectivity index (χ2n) is 8.02. The predicted molar refractivity (Wildman–Crippen MR) is 118 cm³/mol. The first-order valence-electron chi connectivity index (χ1n) is 10.4. The van der Waals surface area contributed by atoms with Gasteiger partial charge in [-0.15, -0.1) is 0 Å². The van der Waals surface area contributed by atoms with Crippen LogP contribution in [0.3, 0.4) is 0 Å². The van der Waals surface area contributed by atoms with Crippen molar-refractivity contribution in [2.45, 2.75) is 19.8 Å². The van der Waals surface area contributed by atoms with Crippen molar-refractivity contribution in [3.8, 4) is 0 Å². The summed E-state index contributed by atoms with van der Waals surface area (Å²) in [5.41, 5.74) is 0.103. The lowest BCUT2D eigenvalue weighted by Gasteiger charge is -2.31. The molecule has 1 fully saturated rings. The topological polar surface area (TPSA) is 119 Å². The first-order valence-corrected chi connectivity index (χ1v) is 10.4. The number of hydrogen-bond donors (Lipinski definition) is 1. The standard InChI is InChI=1S/C22H24N6O4/c1-13-6-4-8-17(23-13)25-19(29)14-7-5-11-28(12-14)21(31)16-10-9-15-18(24-16)26(2)22(32)27(3)20(15)30/h4,6,8-10,14H,5,7,11-12H2,1-3H3,(H,23,25,29). The highest BCUT2D eigenvalue weighted by atomic mass is 16.2. The summed E-state index contributed by atoms with van der Waals surface area (Å²) in [5, 5.41) is 3.08. The van der Waals surface area contributed by atoms with Gasteiger partial charge in [0, 0.05) is 32.9 Å². The molecule has 0 bridgehead atoms. The number of anilines is 1. The Labute approximate surface area is 183 Å². The van der Waals surface area contributed by atoms with Crippen molar-refractivity contribution in [1.29, 1.82) is 0 Å². The SMILES string of the molecule is Cc1cccc(NC(=O)C2CCCN(C(=O)c3ccc4c(=O)n(C)c(=O)n(C)c4n3)C2)n1. The second kappa shape index (κ2) is 8.37. The number of carbonyl (C=O) groups excluding carboxylic acids is 2.